The largest absolute Gasteiger partial charge is 0.381 e. The Bertz CT molecular complexity index is 585. The van der Waals surface area contributed by atoms with Crippen molar-refractivity contribution in [2.24, 2.45) is 0 Å². The van der Waals surface area contributed by atoms with Crippen LogP contribution in [0.1, 0.15) is 22.3 Å². The molecule has 100 valence electrons. The maximum Gasteiger partial charge on any atom is 0.0549 e. The first-order valence-corrected chi connectivity index (χ1v) is 7.40. The number of rotatable bonds is 3. The highest BCUT2D eigenvalue weighted by Crippen LogP contribution is 2.26. The zero-order chi connectivity index (χ0) is 14.0. The van der Waals surface area contributed by atoms with Crippen molar-refractivity contribution < 1.29 is 0 Å². The third-order valence-electron chi connectivity index (χ3n) is 3.23. The lowest BCUT2D eigenvalue weighted by Gasteiger charge is -2.13. The lowest BCUT2D eigenvalue weighted by atomic mass is 10.00. The van der Waals surface area contributed by atoms with Gasteiger partial charge in [-0.1, -0.05) is 29.3 Å². The lowest BCUT2D eigenvalue weighted by molar-refractivity contribution is 1.08. The summed E-state index contributed by atoms with van der Waals surface area (Å²) >= 11 is 9.43. The molecule has 1 N–H and O–H groups in total. The van der Waals surface area contributed by atoms with Gasteiger partial charge in [0.1, 0.15) is 0 Å². The lowest BCUT2D eigenvalue weighted by Crippen LogP contribution is -2.04. The molecule has 19 heavy (non-hydrogen) atoms. The molecule has 3 heteroatoms. The fraction of sp³-hybridized carbons (Fsp3) is 0.250. The minimum Gasteiger partial charge on any atom is -0.381 e. The minimum absolute atomic E-state index is 0.730. The predicted octanol–water partition coefficient (Wildman–Crippen LogP) is 5.64. The van der Waals surface area contributed by atoms with E-state index in [1.807, 2.05) is 18.2 Å². The summed E-state index contributed by atoms with van der Waals surface area (Å²) in [6.45, 7) is 7.28. The molecule has 0 saturated carbocycles. The minimum atomic E-state index is 0.730. The number of nitrogens with one attached hydrogen (secondary N) is 1. The molecule has 0 atom stereocenters. The standard InChI is InChI=1S/C16H17BrClN/c1-10-6-11(2)14(12(3)7-10)9-19-13-4-5-16(18)15(17)8-13/h4-8,19H,9H2,1-3H3. The summed E-state index contributed by atoms with van der Waals surface area (Å²) in [5.74, 6) is 0. The summed E-state index contributed by atoms with van der Waals surface area (Å²) in [6, 6.07) is 10.3. The van der Waals surface area contributed by atoms with Gasteiger partial charge in [-0.25, -0.2) is 0 Å². The van der Waals surface area contributed by atoms with Crippen LogP contribution in [0.4, 0.5) is 5.69 Å². The zero-order valence-electron chi connectivity index (χ0n) is 11.3. The van der Waals surface area contributed by atoms with Gasteiger partial charge in [-0.05, 0) is 71.6 Å². The third kappa shape index (κ3) is 3.52. The van der Waals surface area contributed by atoms with E-state index >= 15 is 0 Å². The molecule has 0 aliphatic heterocycles. The predicted molar refractivity (Wildman–Crippen MR) is 87.1 cm³/mol. The van der Waals surface area contributed by atoms with E-state index < -0.39 is 0 Å². The maximum atomic E-state index is 5.99. The van der Waals surface area contributed by atoms with E-state index in [0.717, 1.165) is 21.7 Å². The Labute approximate surface area is 128 Å². The maximum absolute atomic E-state index is 5.99. The fourth-order valence-corrected chi connectivity index (χ4v) is 2.78. The van der Waals surface area contributed by atoms with Gasteiger partial charge in [0.25, 0.3) is 0 Å². The summed E-state index contributed by atoms with van der Waals surface area (Å²) in [4.78, 5) is 0. The number of aryl methyl sites for hydroxylation is 3. The number of hydrogen-bond donors (Lipinski definition) is 1. The molecule has 0 amide bonds. The molecule has 0 bridgehead atoms. The molecular weight excluding hydrogens is 322 g/mol. The van der Waals surface area contributed by atoms with Gasteiger partial charge >= 0.3 is 0 Å². The Balaban J connectivity index is 2.16. The number of halogens is 2. The van der Waals surface area contributed by atoms with E-state index in [4.69, 9.17) is 11.6 Å². The molecule has 0 spiro atoms. The molecule has 0 aliphatic carbocycles. The fourth-order valence-electron chi connectivity index (χ4n) is 2.29. The number of benzene rings is 2. The molecule has 0 aliphatic rings. The van der Waals surface area contributed by atoms with E-state index in [-0.39, 0.29) is 0 Å². The molecule has 2 rings (SSSR count). The second-order valence-corrected chi connectivity index (χ2v) is 6.12. The molecule has 0 unspecified atom stereocenters. The van der Waals surface area contributed by atoms with Crippen molar-refractivity contribution in [3.05, 3.63) is 62.1 Å². The van der Waals surface area contributed by atoms with Crippen molar-refractivity contribution in [1.82, 2.24) is 0 Å². The Morgan fingerprint density at radius 3 is 2.26 bits per heavy atom. The number of hydrogen-bond acceptors (Lipinski definition) is 1. The van der Waals surface area contributed by atoms with Gasteiger partial charge in [0.05, 0.1) is 5.02 Å². The highest BCUT2D eigenvalue weighted by Gasteiger charge is 2.04. The average Bonchev–Trinajstić information content (AvgIpc) is 2.32. The van der Waals surface area contributed by atoms with Crippen LogP contribution in [0.3, 0.4) is 0 Å². The van der Waals surface area contributed by atoms with Crippen molar-refractivity contribution in [3.63, 3.8) is 0 Å². The molecule has 0 saturated heterocycles. The van der Waals surface area contributed by atoms with Crippen LogP contribution in [0.25, 0.3) is 0 Å². The number of anilines is 1. The molecule has 2 aromatic rings. The van der Waals surface area contributed by atoms with Crippen LogP contribution < -0.4 is 5.32 Å². The van der Waals surface area contributed by atoms with Gasteiger partial charge in [0, 0.05) is 16.7 Å². The SMILES string of the molecule is Cc1cc(C)c(CNc2ccc(Cl)c(Br)c2)c(C)c1. The van der Waals surface area contributed by atoms with Crippen molar-refractivity contribution in [1.29, 1.82) is 0 Å². The summed E-state index contributed by atoms with van der Waals surface area (Å²) in [5.41, 5.74) is 6.40. The van der Waals surface area contributed by atoms with E-state index in [1.54, 1.807) is 0 Å². The molecule has 1 nitrogen and oxygen atoms in total. The van der Waals surface area contributed by atoms with Gasteiger partial charge in [-0.3, -0.25) is 0 Å². The summed E-state index contributed by atoms with van der Waals surface area (Å²) in [5, 5.41) is 4.17. The third-order valence-corrected chi connectivity index (χ3v) is 4.44. The van der Waals surface area contributed by atoms with Crippen LogP contribution in [0.5, 0.6) is 0 Å². The summed E-state index contributed by atoms with van der Waals surface area (Å²) in [6.07, 6.45) is 0. The molecular formula is C16H17BrClN. The van der Waals surface area contributed by atoms with Crippen LogP contribution >= 0.6 is 27.5 Å². The smallest absolute Gasteiger partial charge is 0.0549 e. The Hall–Kier alpha value is -0.990. The van der Waals surface area contributed by atoms with Crippen LogP contribution in [0, 0.1) is 20.8 Å². The van der Waals surface area contributed by atoms with Crippen LogP contribution in [0.2, 0.25) is 5.02 Å². The molecule has 0 radical (unpaired) electrons. The van der Waals surface area contributed by atoms with Gasteiger partial charge < -0.3 is 5.32 Å². The molecule has 0 heterocycles. The van der Waals surface area contributed by atoms with Gasteiger partial charge in [0.15, 0.2) is 0 Å². The average molecular weight is 339 g/mol. The van der Waals surface area contributed by atoms with Crippen LogP contribution in [-0.2, 0) is 6.54 Å². The Morgan fingerprint density at radius 1 is 1.05 bits per heavy atom. The van der Waals surface area contributed by atoms with E-state index in [1.165, 1.54) is 22.3 Å². The zero-order valence-corrected chi connectivity index (χ0v) is 13.7. The molecule has 2 aromatic carbocycles. The highest BCUT2D eigenvalue weighted by molar-refractivity contribution is 9.10. The van der Waals surface area contributed by atoms with Gasteiger partial charge in [0.2, 0.25) is 0 Å². The van der Waals surface area contributed by atoms with Crippen LogP contribution in [0.15, 0.2) is 34.8 Å². The highest BCUT2D eigenvalue weighted by atomic mass is 79.9. The first-order chi connectivity index (χ1) is 8.97. The Kier molecular flexibility index (Phi) is 4.54. The van der Waals surface area contributed by atoms with Crippen molar-refractivity contribution in [2.45, 2.75) is 27.3 Å². The van der Waals surface area contributed by atoms with Crippen LogP contribution in [-0.4, -0.2) is 0 Å². The second kappa shape index (κ2) is 5.98. The molecule has 0 fully saturated rings. The quantitative estimate of drug-likeness (QED) is 0.763. The summed E-state index contributed by atoms with van der Waals surface area (Å²) < 4.78 is 0.913. The topological polar surface area (TPSA) is 12.0 Å². The summed E-state index contributed by atoms with van der Waals surface area (Å²) in [7, 11) is 0. The van der Waals surface area contributed by atoms with E-state index in [2.05, 4.69) is 54.2 Å². The second-order valence-electron chi connectivity index (χ2n) is 4.86. The monoisotopic (exact) mass is 337 g/mol. The van der Waals surface area contributed by atoms with E-state index in [9.17, 15) is 0 Å². The first kappa shape index (κ1) is 14.4. The van der Waals surface area contributed by atoms with Crippen molar-refractivity contribution >= 4 is 33.2 Å². The van der Waals surface area contributed by atoms with Gasteiger partial charge in [-0.2, -0.15) is 0 Å². The normalized spacial score (nSPS) is 10.6. The van der Waals surface area contributed by atoms with E-state index in [0.29, 0.717) is 0 Å². The first-order valence-electron chi connectivity index (χ1n) is 6.23. The Morgan fingerprint density at radius 2 is 1.68 bits per heavy atom. The van der Waals surface area contributed by atoms with Crippen molar-refractivity contribution in [3.8, 4) is 0 Å². The van der Waals surface area contributed by atoms with Gasteiger partial charge in [-0.15, -0.1) is 0 Å². The molecule has 0 aromatic heterocycles. The van der Waals surface area contributed by atoms with Crippen molar-refractivity contribution in [2.75, 3.05) is 5.32 Å².